The van der Waals surface area contributed by atoms with Crippen LogP contribution in [0, 0.1) is 5.92 Å². The van der Waals surface area contributed by atoms with Crippen molar-refractivity contribution in [2.24, 2.45) is 10.9 Å². The molecule has 0 saturated heterocycles. The number of ether oxygens (including phenoxy) is 1. The van der Waals surface area contributed by atoms with Gasteiger partial charge in [-0.25, -0.2) is 4.68 Å². The summed E-state index contributed by atoms with van der Waals surface area (Å²) in [5, 5.41) is 11.1. The first kappa shape index (κ1) is 20.6. The molecule has 6 nitrogen and oxygen atoms in total. The molecule has 0 bridgehead atoms. The van der Waals surface area contributed by atoms with Gasteiger partial charge < -0.3 is 15.4 Å². The Morgan fingerprint density at radius 1 is 1.03 bits per heavy atom. The molecule has 6 heteroatoms. The van der Waals surface area contributed by atoms with Gasteiger partial charge in [0.05, 0.1) is 25.1 Å². The summed E-state index contributed by atoms with van der Waals surface area (Å²) in [5.74, 6) is 1.14. The lowest BCUT2D eigenvalue weighted by Gasteiger charge is -2.16. The largest absolute Gasteiger partial charge is 0.376 e. The minimum Gasteiger partial charge on any atom is -0.376 e. The molecule has 0 radical (unpaired) electrons. The van der Waals surface area contributed by atoms with Crippen LogP contribution in [0.4, 0.5) is 0 Å². The summed E-state index contributed by atoms with van der Waals surface area (Å²) in [4.78, 5) is 4.29. The van der Waals surface area contributed by atoms with Crippen LogP contribution in [0.15, 0.2) is 78.0 Å². The zero-order valence-electron chi connectivity index (χ0n) is 17.1. The molecule has 1 atom stereocenters. The molecule has 0 aliphatic carbocycles. The third kappa shape index (κ3) is 6.76. The monoisotopic (exact) mass is 391 g/mol. The highest BCUT2D eigenvalue weighted by molar-refractivity contribution is 5.79. The fourth-order valence-electron chi connectivity index (χ4n) is 2.86. The standard InChI is InChI=1S/C23H29N5O/c1-19(17-29-18-20-9-5-3-6-10-20)13-25-23(24-2)26-14-21-15-27-28(16-21)22-11-7-4-8-12-22/h3-12,15-16,19H,13-14,17-18H2,1-2H3,(H2,24,25,26). The lowest BCUT2D eigenvalue weighted by atomic mass is 10.2. The second kappa shape index (κ2) is 11.0. The molecule has 0 aliphatic rings. The quantitative estimate of drug-likeness (QED) is 0.434. The van der Waals surface area contributed by atoms with Gasteiger partial charge in [0.1, 0.15) is 0 Å². The van der Waals surface area contributed by atoms with Crippen LogP contribution < -0.4 is 10.6 Å². The highest BCUT2D eigenvalue weighted by Gasteiger charge is 2.06. The van der Waals surface area contributed by atoms with Gasteiger partial charge in [0.25, 0.3) is 0 Å². The van der Waals surface area contributed by atoms with Gasteiger partial charge in [0.15, 0.2) is 5.96 Å². The molecule has 1 heterocycles. The fourth-order valence-corrected chi connectivity index (χ4v) is 2.86. The Bertz CT molecular complexity index is 877. The minimum absolute atomic E-state index is 0.373. The average Bonchev–Trinajstić information content (AvgIpc) is 3.24. The molecule has 0 spiro atoms. The van der Waals surface area contributed by atoms with Crippen molar-refractivity contribution in [3.8, 4) is 5.69 Å². The van der Waals surface area contributed by atoms with Crippen LogP contribution in [0.5, 0.6) is 0 Å². The number of guanidine groups is 1. The van der Waals surface area contributed by atoms with Gasteiger partial charge in [-0.15, -0.1) is 0 Å². The average molecular weight is 392 g/mol. The Hall–Kier alpha value is -3.12. The minimum atomic E-state index is 0.373. The molecule has 29 heavy (non-hydrogen) atoms. The molecule has 1 unspecified atom stereocenters. The molecular weight excluding hydrogens is 362 g/mol. The molecule has 0 saturated carbocycles. The van der Waals surface area contributed by atoms with Crippen molar-refractivity contribution in [2.75, 3.05) is 20.2 Å². The van der Waals surface area contributed by atoms with E-state index in [0.717, 1.165) is 23.8 Å². The number of benzene rings is 2. The SMILES string of the molecule is CN=C(NCc1cnn(-c2ccccc2)c1)NCC(C)COCc1ccccc1. The van der Waals surface area contributed by atoms with E-state index < -0.39 is 0 Å². The van der Waals surface area contributed by atoms with E-state index in [1.54, 1.807) is 7.05 Å². The highest BCUT2D eigenvalue weighted by Crippen LogP contribution is 2.07. The molecule has 0 amide bonds. The molecule has 0 fully saturated rings. The van der Waals surface area contributed by atoms with Gasteiger partial charge in [-0.2, -0.15) is 5.10 Å². The zero-order valence-corrected chi connectivity index (χ0v) is 17.1. The molecule has 0 aliphatic heterocycles. The summed E-state index contributed by atoms with van der Waals surface area (Å²) >= 11 is 0. The lowest BCUT2D eigenvalue weighted by molar-refractivity contribution is 0.0931. The molecule has 3 aromatic rings. The Kier molecular flexibility index (Phi) is 7.83. The van der Waals surface area contributed by atoms with Crippen molar-refractivity contribution in [1.29, 1.82) is 0 Å². The molecular formula is C23H29N5O. The van der Waals surface area contributed by atoms with Crippen LogP contribution in [-0.2, 0) is 17.9 Å². The Morgan fingerprint density at radius 2 is 1.76 bits per heavy atom. The predicted molar refractivity (Wildman–Crippen MR) is 117 cm³/mol. The smallest absolute Gasteiger partial charge is 0.191 e. The van der Waals surface area contributed by atoms with Crippen molar-refractivity contribution in [3.63, 3.8) is 0 Å². The van der Waals surface area contributed by atoms with Crippen LogP contribution in [-0.4, -0.2) is 35.9 Å². The number of aliphatic imine (C=N–C) groups is 1. The summed E-state index contributed by atoms with van der Waals surface area (Å²) in [6.07, 6.45) is 3.89. The number of hydrogen-bond donors (Lipinski definition) is 2. The maximum Gasteiger partial charge on any atom is 0.191 e. The van der Waals surface area contributed by atoms with Crippen molar-refractivity contribution < 1.29 is 4.74 Å². The summed E-state index contributed by atoms with van der Waals surface area (Å²) in [7, 11) is 1.78. The first-order valence-electron chi connectivity index (χ1n) is 9.89. The van der Waals surface area contributed by atoms with E-state index >= 15 is 0 Å². The van der Waals surface area contributed by atoms with Crippen LogP contribution >= 0.6 is 0 Å². The number of hydrogen-bond acceptors (Lipinski definition) is 3. The molecule has 3 rings (SSSR count). The zero-order chi connectivity index (χ0) is 20.3. The Morgan fingerprint density at radius 3 is 2.48 bits per heavy atom. The van der Waals surface area contributed by atoms with E-state index in [9.17, 15) is 0 Å². The van der Waals surface area contributed by atoms with Crippen molar-refractivity contribution in [1.82, 2.24) is 20.4 Å². The number of aromatic nitrogens is 2. The van der Waals surface area contributed by atoms with Crippen LogP contribution in [0.1, 0.15) is 18.1 Å². The predicted octanol–water partition coefficient (Wildman–Crippen LogP) is 3.39. The van der Waals surface area contributed by atoms with Gasteiger partial charge >= 0.3 is 0 Å². The first-order valence-corrected chi connectivity index (χ1v) is 9.89. The van der Waals surface area contributed by atoms with E-state index in [1.807, 2.05) is 65.6 Å². The van der Waals surface area contributed by atoms with E-state index in [1.165, 1.54) is 5.56 Å². The third-order valence-corrected chi connectivity index (χ3v) is 4.47. The van der Waals surface area contributed by atoms with Gasteiger partial charge in [-0.05, 0) is 23.6 Å². The number of nitrogens with one attached hydrogen (secondary N) is 2. The normalized spacial score (nSPS) is 12.6. The summed E-state index contributed by atoms with van der Waals surface area (Å²) in [5.41, 5.74) is 3.34. The first-order chi connectivity index (χ1) is 14.2. The van der Waals surface area contributed by atoms with Gasteiger partial charge in [-0.1, -0.05) is 55.5 Å². The van der Waals surface area contributed by atoms with Gasteiger partial charge in [-0.3, -0.25) is 4.99 Å². The second-order valence-corrected chi connectivity index (χ2v) is 7.04. The Balaban J connectivity index is 1.37. The lowest BCUT2D eigenvalue weighted by Crippen LogP contribution is -2.39. The molecule has 152 valence electrons. The van der Waals surface area contributed by atoms with E-state index in [-0.39, 0.29) is 0 Å². The van der Waals surface area contributed by atoms with E-state index in [4.69, 9.17) is 4.74 Å². The number of para-hydroxylation sites is 1. The fraction of sp³-hybridized carbons (Fsp3) is 0.304. The summed E-state index contributed by atoms with van der Waals surface area (Å²) < 4.78 is 7.68. The maximum atomic E-state index is 5.81. The maximum absolute atomic E-state index is 5.81. The van der Waals surface area contributed by atoms with Crippen molar-refractivity contribution >= 4 is 5.96 Å². The third-order valence-electron chi connectivity index (χ3n) is 4.47. The molecule has 2 N–H and O–H groups in total. The summed E-state index contributed by atoms with van der Waals surface area (Å²) in [6.45, 7) is 4.95. The van der Waals surface area contributed by atoms with Gasteiger partial charge in [0.2, 0.25) is 0 Å². The Labute approximate surface area is 172 Å². The number of nitrogens with zero attached hydrogens (tertiary/aromatic N) is 3. The second-order valence-electron chi connectivity index (χ2n) is 7.04. The van der Waals surface area contributed by atoms with Crippen LogP contribution in [0.25, 0.3) is 5.69 Å². The summed E-state index contributed by atoms with van der Waals surface area (Å²) in [6, 6.07) is 20.3. The topological polar surface area (TPSA) is 63.5 Å². The van der Waals surface area contributed by atoms with Crippen molar-refractivity contribution in [2.45, 2.75) is 20.1 Å². The van der Waals surface area contributed by atoms with Crippen LogP contribution in [0.2, 0.25) is 0 Å². The van der Waals surface area contributed by atoms with E-state index in [2.05, 4.69) is 39.8 Å². The molecule has 2 aromatic carbocycles. The molecule has 1 aromatic heterocycles. The van der Waals surface area contributed by atoms with Gasteiger partial charge in [0, 0.05) is 31.9 Å². The van der Waals surface area contributed by atoms with Crippen molar-refractivity contribution in [3.05, 3.63) is 84.2 Å². The number of rotatable bonds is 9. The highest BCUT2D eigenvalue weighted by atomic mass is 16.5. The van der Waals surface area contributed by atoms with E-state index in [0.29, 0.717) is 25.7 Å². The van der Waals surface area contributed by atoms with Crippen LogP contribution in [0.3, 0.4) is 0 Å².